The molecular formula is C19H17F2N2O3S-. The minimum absolute atomic E-state index is 0.344. The quantitative estimate of drug-likeness (QED) is 0.766. The normalized spacial score (nSPS) is 16.6. The van der Waals surface area contributed by atoms with Crippen LogP contribution in [0.25, 0.3) is 0 Å². The molecule has 1 aliphatic rings. The monoisotopic (exact) mass is 391 g/mol. The lowest BCUT2D eigenvalue weighted by Crippen LogP contribution is -2.47. The van der Waals surface area contributed by atoms with Crippen molar-refractivity contribution in [2.75, 3.05) is 11.9 Å². The molecule has 0 bridgehead atoms. The number of carbonyl (C=O) groups excluding carboxylic acids is 2. The smallest absolute Gasteiger partial charge is 0.288 e. The highest BCUT2D eigenvalue weighted by Gasteiger charge is 2.31. The summed E-state index contributed by atoms with van der Waals surface area (Å²) in [6.07, 6.45) is 0.996. The van der Waals surface area contributed by atoms with Crippen LogP contribution in [0.15, 0.2) is 53.4 Å². The van der Waals surface area contributed by atoms with E-state index in [0.29, 0.717) is 53.0 Å². The van der Waals surface area contributed by atoms with Gasteiger partial charge in [0.15, 0.2) is 0 Å². The van der Waals surface area contributed by atoms with E-state index in [1.807, 2.05) is 0 Å². The zero-order chi connectivity index (χ0) is 19.4. The van der Waals surface area contributed by atoms with Gasteiger partial charge in [-0.25, -0.2) is 0 Å². The maximum Gasteiger partial charge on any atom is 0.288 e. The number of benzene rings is 2. The number of rotatable bonds is 6. The number of nitrogens with one attached hydrogen (secondary N) is 1. The van der Waals surface area contributed by atoms with Gasteiger partial charge in [0.25, 0.3) is 11.7 Å². The van der Waals surface area contributed by atoms with Crippen LogP contribution in [0.2, 0.25) is 0 Å². The van der Waals surface area contributed by atoms with E-state index in [1.165, 1.54) is 4.90 Å². The Morgan fingerprint density at radius 2 is 1.85 bits per heavy atom. The molecule has 142 valence electrons. The van der Waals surface area contributed by atoms with Crippen LogP contribution in [0.3, 0.4) is 0 Å². The number of aliphatic carboxylic acids is 1. The molecule has 1 N–H and O–H groups in total. The van der Waals surface area contributed by atoms with Crippen LogP contribution >= 0.6 is 11.8 Å². The highest BCUT2D eigenvalue weighted by molar-refractivity contribution is 7.99. The van der Waals surface area contributed by atoms with Crippen LogP contribution in [-0.2, 0) is 4.79 Å². The molecule has 1 saturated heterocycles. The summed E-state index contributed by atoms with van der Waals surface area (Å²) in [5, 5.41) is 14.4. The lowest BCUT2D eigenvalue weighted by molar-refractivity contribution is -0.310. The molecule has 0 radical (unpaired) electrons. The average molecular weight is 391 g/mol. The molecule has 0 spiro atoms. The summed E-state index contributed by atoms with van der Waals surface area (Å²) in [4.78, 5) is 25.9. The number of hydrogen-bond donors (Lipinski definition) is 1. The molecule has 27 heavy (non-hydrogen) atoms. The number of anilines is 2. The Labute approximate surface area is 159 Å². The van der Waals surface area contributed by atoms with Crippen molar-refractivity contribution in [3.05, 3.63) is 54.1 Å². The van der Waals surface area contributed by atoms with Gasteiger partial charge in [0.1, 0.15) is 0 Å². The molecule has 5 nitrogen and oxygen atoms in total. The van der Waals surface area contributed by atoms with Crippen molar-refractivity contribution in [2.45, 2.75) is 29.5 Å². The van der Waals surface area contributed by atoms with Crippen molar-refractivity contribution < 1.29 is 23.5 Å². The van der Waals surface area contributed by atoms with E-state index in [0.717, 1.165) is 0 Å². The first-order valence-electron chi connectivity index (χ1n) is 8.38. The summed E-state index contributed by atoms with van der Waals surface area (Å²) in [7, 11) is 0. The van der Waals surface area contributed by atoms with E-state index in [1.54, 1.807) is 48.5 Å². The van der Waals surface area contributed by atoms with Crippen molar-refractivity contribution in [3.63, 3.8) is 0 Å². The maximum atomic E-state index is 12.9. The number of halogens is 2. The number of thioether (sulfide) groups is 1. The van der Waals surface area contributed by atoms with E-state index in [-0.39, 0.29) is 5.91 Å². The first-order chi connectivity index (χ1) is 13.0. The lowest BCUT2D eigenvalue weighted by Gasteiger charge is -2.26. The number of carboxylic acid groups (broad SMARTS) is 1. The fraction of sp³-hybridized carbons (Fsp3) is 0.263. The summed E-state index contributed by atoms with van der Waals surface area (Å²) in [6, 6.07) is 12.3. The maximum absolute atomic E-state index is 12.9. The first-order valence-corrected chi connectivity index (χ1v) is 9.26. The van der Waals surface area contributed by atoms with E-state index in [4.69, 9.17) is 0 Å². The van der Waals surface area contributed by atoms with E-state index < -0.39 is 17.8 Å². The van der Waals surface area contributed by atoms with Gasteiger partial charge in [-0.1, -0.05) is 23.9 Å². The minimum Gasteiger partial charge on any atom is -0.548 e. The number of para-hydroxylation sites is 1. The van der Waals surface area contributed by atoms with Crippen LogP contribution in [0.1, 0.15) is 23.2 Å². The summed E-state index contributed by atoms with van der Waals surface area (Å²) >= 11 is 0.458. The van der Waals surface area contributed by atoms with E-state index in [9.17, 15) is 23.5 Å². The molecule has 3 rings (SSSR count). The number of likely N-dealkylation sites (tertiary alicyclic amines) is 1. The molecular weight excluding hydrogens is 374 g/mol. The fourth-order valence-corrected chi connectivity index (χ4v) is 3.56. The number of amides is 1. The zero-order valence-electron chi connectivity index (χ0n) is 14.2. The lowest BCUT2D eigenvalue weighted by atomic mass is 10.1. The minimum atomic E-state index is -2.49. The predicted molar refractivity (Wildman–Crippen MR) is 97.1 cm³/mol. The topological polar surface area (TPSA) is 72.5 Å². The van der Waals surface area contributed by atoms with Crippen molar-refractivity contribution in [2.24, 2.45) is 0 Å². The molecule has 1 fully saturated rings. The summed E-state index contributed by atoms with van der Waals surface area (Å²) in [6.45, 7) is 0.366. The number of carboxylic acids is 1. The Hall–Kier alpha value is -2.61. The Bertz CT molecular complexity index is 830. The molecule has 1 atom stereocenters. The van der Waals surface area contributed by atoms with Crippen LogP contribution < -0.4 is 10.4 Å². The Kier molecular flexibility index (Phi) is 5.95. The number of carbonyl (C=O) groups is 2. The van der Waals surface area contributed by atoms with Gasteiger partial charge in [-0.05, 0) is 49.2 Å². The van der Waals surface area contributed by atoms with Gasteiger partial charge in [-0.2, -0.15) is 8.78 Å². The third-order valence-corrected chi connectivity index (χ3v) is 5.02. The predicted octanol–water partition coefficient (Wildman–Crippen LogP) is 3.10. The molecule has 0 aromatic heterocycles. The Balaban J connectivity index is 1.80. The van der Waals surface area contributed by atoms with Gasteiger partial charge in [-0.3, -0.25) is 4.79 Å². The van der Waals surface area contributed by atoms with E-state index >= 15 is 0 Å². The molecule has 1 amide bonds. The zero-order valence-corrected chi connectivity index (χ0v) is 15.0. The largest absolute Gasteiger partial charge is 0.548 e. The van der Waals surface area contributed by atoms with E-state index in [2.05, 4.69) is 5.32 Å². The average Bonchev–Trinajstić information content (AvgIpc) is 3.13. The van der Waals surface area contributed by atoms with Crippen LogP contribution in [-0.4, -0.2) is 35.1 Å². The SMILES string of the molecule is O=C([O-])[C@@H]1CCCN1C(=O)c1ccccc1Nc1ccc(SC(F)F)cc1. The van der Waals surface area contributed by atoms with Gasteiger partial charge in [0.2, 0.25) is 0 Å². The second-order valence-corrected chi connectivity index (χ2v) is 7.11. The molecule has 1 heterocycles. The first kappa shape index (κ1) is 19.2. The fourth-order valence-electron chi connectivity index (χ4n) is 3.06. The Morgan fingerprint density at radius 3 is 2.52 bits per heavy atom. The summed E-state index contributed by atoms with van der Waals surface area (Å²) in [5.74, 6) is -4.12. The molecule has 8 heteroatoms. The molecule has 0 saturated carbocycles. The van der Waals surface area contributed by atoms with Crippen molar-refractivity contribution in [1.29, 1.82) is 0 Å². The Morgan fingerprint density at radius 1 is 1.15 bits per heavy atom. The van der Waals surface area contributed by atoms with Gasteiger partial charge >= 0.3 is 0 Å². The van der Waals surface area contributed by atoms with Crippen molar-refractivity contribution in [3.8, 4) is 0 Å². The second kappa shape index (κ2) is 8.39. The number of nitrogens with zero attached hydrogens (tertiary/aromatic N) is 1. The third kappa shape index (κ3) is 4.57. The standard InChI is InChI=1S/C19H18F2N2O3S/c20-19(21)27-13-9-7-12(8-10-13)22-15-5-2-1-4-14(15)17(24)23-11-3-6-16(23)18(25)26/h1-2,4-5,7-10,16,19,22H,3,6,11H2,(H,25,26)/p-1/t16-/m0/s1. The summed E-state index contributed by atoms with van der Waals surface area (Å²) < 4.78 is 24.8. The van der Waals surface area contributed by atoms with Crippen molar-refractivity contribution in [1.82, 2.24) is 4.90 Å². The van der Waals surface area contributed by atoms with Crippen LogP contribution in [0, 0.1) is 0 Å². The second-order valence-electron chi connectivity index (χ2n) is 6.05. The van der Waals surface area contributed by atoms with Crippen molar-refractivity contribution >= 4 is 35.0 Å². The highest BCUT2D eigenvalue weighted by Crippen LogP contribution is 2.29. The molecule has 0 unspecified atom stereocenters. The summed E-state index contributed by atoms with van der Waals surface area (Å²) in [5.41, 5.74) is 1.49. The highest BCUT2D eigenvalue weighted by atomic mass is 32.2. The van der Waals surface area contributed by atoms with Crippen LogP contribution in [0.4, 0.5) is 20.2 Å². The molecule has 2 aromatic carbocycles. The van der Waals surface area contributed by atoms with Gasteiger partial charge in [0.05, 0.1) is 23.3 Å². The molecule has 0 aliphatic carbocycles. The molecule has 2 aromatic rings. The van der Waals surface area contributed by atoms with Gasteiger partial charge in [0, 0.05) is 17.1 Å². The number of alkyl halides is 2. The molecule has 1 aliphatic heterocycles. The van der Waals surface area contributed by atoms with Crippen LogP contribution in [0.5, 0.6) is 0 Å². The third-order valence-electron chi connectivity index (χ3n) is 4.30. The number of hydrogen-bond acceptors (Lipinski definition) is 5. The van der Waals surface area contributed by atoms with Gasteiger partial charge < -0.3 is 20.1 Å². The van der Waals surface area contributed by atoms with Gasteiger partial charge in [-0.15, -0.1) is 0 Å².